The second kappa shape index (κ2) is 3.89. The quantitative estimate of drug-likeness (QED) is 0.711. The van der Waals surface area contributed by atoms with Crippen molar-refractivity contribution >= 4 is 5.91 Å². The fraction of sp³-hybridized carbons (Fsp3) is 0.333. The number of aromatic nitrogens is 1. The van der Waals surface area contributed by atoms with E-state index in [1.165, 1.54) is 0 Å². The van der Waals surface area contributed by atoms with Crippen LogP contribution in [0.4, 0.5) is 0 Å². The highest BCUT2D eigenvalue weighted by Crippen LogP contribution is 2.10. The molecule has 0 aliphatic rings. The topological polar surface area (TPSA) is 55.1 Å². The lowest BCUT2D eigenvalue weighted by atomic mass is 10.2. The molecule has 4 heteroatoms. The van der Waals surface area contributed by atoms with E-state index in [1.54, 1.807) is 19.9 Å². The van der Waals surface area contributed by atoms with E-state index in [2.05, 4.69) is 17.1 Å². The van der Waals surface area contributed by atoms with Crippen molar-refractivity contribution in [2.24, 2.45) is 0 Å². The minimum absolute atomic E-state index is 0.228. The Morgan fingerprint density at radius 1 is 1.69 bits per heavy atom. The van der Waals surface area contributed by atoms with Crippen LogP contribution in [0.15, 0.2) is 17.2 Å². The Labute approximate surface area is 76.6 Å². The van der Waals surface area contributed by atoms with Crippen LogP contribution in [0.2, 0.25) is 0 Å². The summed E-state index contributed by atoms with van der Waals surface area (Å²) < 4.78 is 4.86. The Kier molecular flexibility index (Phi) is 2.84. The van der Waals surface area contributed by atoms with Crippen molar-refractivity contribution in [1.29, 1.82) is 0 Å². The highest BCUT2D eigenvalue weighted by molar-refractivity contribution is 5.93. The van der Waals surface area contributed by atoms with Gasteiger partial charge in [-0.05, 0) is 13.8 Å². The maximum atomic E-state index is 11.4. The Balaban J connectivity index is 2.77. The summed E-state index contributed by atoms with van der Waals surface area (Å²) in [4.78, 5) is 11.4. The first-order valence-corrected chi connectivity index (χ1v) is 3.98. The van der Waals surface area contributed by atoms with Crippen LogP contribution >= 0.6 is 0 Å². The van der Waals surface area contributed by atoms with Gasteiger partial charge in [0.1, 0.15) is 5.76 Å². The van der Waals surface area contributed by atoms with Gasteiger partial charge in [-0.2, -0.15) is 0 Å². The lowest BCUT2D eigenvalue weighted by Crippen LogP contribution is -2.24. The predicted octanol–water partition coefficient (Wildman–Crippen LogP) is 1.21. The normalized spacial score (nSPS) is 9.69. The lowest BCUT2D eigenvalue weighted by Gasteiger charge is -1.97. The zero-order chi connectivity index (χ0) is 9.84. The monoisotopic (exact) mass is 180 g/mol. The molecule has 0 bridgehead atoms. The Morgan fingerprint density at radius 2 is 2.38 bits per heavy atom. The number of carbonyl (C=O) groups is 1. The molecule has 0 saturated heterocycles. The number of aryl methyl sites for hydroxylation is 1. The van der Waals surface area contributed by atoms with E-state index in [0.29, 0.717) is 18.0 Å². The van der Waals surface area contributed by atoms with Gasteiger partial charge in [0, 0.05) is 12.1 Å². The van der Waals surface area contributed by atoms with Crippen molar-refractivity contribution in [3.8, 4) is 0 Å². The van der Waals surface area contributed by atoms with Crippen molar-refractivity contribution in [2.75, 3.05) is 6.54 Å². The van der Waals surface area contributed by atoms with Crippen LogP contribution in [0.25, 0.3) is 0 Å². The summed E-state index contributed by atoms with van der Waals surface area (Å²) in [5, 5.41) is 6.27. The molecular formula is C9H12N2O2. The van der Waals surface area contributed by atoms with Gasteiger partial charge in [0.05, 0.1) is 0 Å². The third-order valence-corrected chi connectivity index (χ3v) is 1.78. The fourth-order valence-electron chi connectivity index (χ4n) is 0.878. The van der Waals surface area contributed by atoms with Crippen LogP contribution in [0.1, 0.15) is 21.8 Å². The molecule has 0 radical (unpaired) electrons. The van der Waals surface area contributed by atoms with Crippen LogP contribution < -0.4 is 5.32 Å². The second-order valence-electron chi connectivity index (χ2n) is 2.71. The molecule has 0 atom stereocenters. The molecule has 70 valence electrons. The minimum atomic E-state index is -0.228. The molecule has 1 heterocycles. The zero-order valence-corrected chi connectivity index (χ0v) is 7.76. The second-order valence-corrected chi connectivity index (χ2v) is 2.71. The van der Waals surface area contributed by atoms with Crippen LogP contribution in [0, 0.1) is 13.8 Å². The Bertz CT molecular complexity index is 328. The third kappa shape index (κ3) is 1.96. The lowest BCUT2D eigenvalue weighted by molar-refractivity contribution is 0.0948. The molecule has 4 nitrogen and oxygen atoms in total. The number of hydrogen-bond acceptors (Lipinski definition) is 3. The molecule has 13 heavy (non-hydrogen) atoms. The van der Waals surface area contributed by atoms with E-state index < -0.39 is 0 Å². The van der Waals surface area contributed by atoms with Crippen molar-refractivity contribution in [3.05, 3.63) is 29.7 Å². The first kappa shape index (κ1) is 9.51. The third-order valence-electron chi connectivity index (χ3n) is 1.78. The van der Waals surface area contributed by atoms with Gasteiger partial charge in [0.25, 0.3) is 5.91 Å². The average molecular weight is 180 g/mol. The van der Waals surface area contributed by atoms with E-state index in [1.807, 2.05) is 0 Å². The molecule has 0 saturated carbocycles. The van der Waals surface area contributed by atoms with Crippen LogP contribution in [0.3, 0.4) is 0 Å². The smallest absolute Gasteiger partial charge is 0.274 e. The standard InChI is InChI=1S/C9H12N2O2/c1-4-5-10-9(12)8-6(2)7(3)13-11-8/h4H,1,5H2,2-3H3,(H,10,12). The minimum Gasteiger partial charge on any atom is -0.361 e. The number of rotatable bonds is 3. The van der Waals surface area contributed by atoms with Gasteiger partial charge >= 0.3 is 0 Å². The fourth-order valence-corrected chi connectivity index (χ4v) is 0.878. The molecule has 1 aromatic heterocycles. The highest BCUT2D eigenvalue weighted by atomic mass is 16.5. The van der Waals surface area contributed by atoms with E-state index in [9.17, 15) is 4.79 Å². The summed E-state index contributed by atoms with van der Waals surface area (Å²) in [7, 11) is 0. The largest absolute Gasteiger partial charge is 0.361 e. The highest BCUT2D eigenvalue weighted by Gasteiger charge is 2.14. The maximum absolute atomic E-state index is 11.4. The van der Waals surface area contributed by atoms with E-state index >= 15 is 0 Å². The molecule has 0 fully saturated rings. The van der Waals surface area contributed by atoms with Crippen LogP contribution in [-0.4, -0.2) is 17.6 Å². The molecule has 0 aliphatic heterocycles. The Morgan fingerprint density at radius 3 is 2.85 bits per heavy atom. The summed E-state index contributed by atoms with van der Waals surface area (Å²) in [6.45, 7) is 7.50. The Hall–Kier alpha value is -1.58. The van der Waals surface area contributed by atoms with Gasteiger partial charge in [0.15, 0.2) is 5.69 Å². The zero-order valence-electron chi connectivity index (χ0n) is 7.76. The molecule has 1 aromatic rings. The predicted molar refractivity (Wildman–Crippen MR) is 48.5 cm³/mol. The number of carbonyl (C=O) groups excluding carboxylic acids is 1. The molecule has 0 aromatic carbocycles. The van der Waals surface area contributed by atoms with Crippen molar-refractivity contribution in [3.63, 3.8) is 0 Å². The van der Waals surface area contributed by atoms with E-state index in [0.717, 1.165) is 5.56 Å². The molecule has 0 spiro atoms. The molecule has 1 N–H and O–H groups in total. The first-order chi connectivity index (χ1) is 6.16. The van der Waals surface area contributed by atoms with Gasteiger partial charge in [-0.15, -0.1) is 6.58 Å². The van der Waals surface area contributed by atoms with Gasteiger partial charge in [-0.1, -0.05) is 11.2 Å². The van der Waals surface area contributed by atoms with Gasteiger partial charge in [-0.25, -0.2) is 0 Å². The first-order valence-electron chi connectivity index (χ1n) is 3.98. The van der Waals surface area contributed by atoms with Crippen molar-refractivity contribution in [1.82, 2.24) is 10.5 Å². The van der Waals surface area contributed by atoms with E-state index in [4.69, 9.17) is 4.52 Å². The van der Waals surface area contributed by atoms with Crippen molar-refractivity contribution in [2.45, 2.75) is 13.8 Å². The molecule has 0 unspecified atom stereocenters. The maximum Gasteiger partial charge on any atom is 0.274 e. The van der Waals surface area contributed by atoms with E-state index in [-0.39, 0.29) is 5.91 Å². The van der Waals surface area contributed by atoms with Gasteiger partial charge < -0.3 is 9.84 Å². The number of hydrogen-bond donors (Lipinski definition) is 1. The summed E-state index contributed by atoms with van der Waals surface area (Å²) in [6.07, 6.45) is 1.61. The molecule has 0 aliphatic carbocycles. The van der Waals surface area contributed by atoms with Gasteiger partial charge in [-0.3, -0.25) is 4.79 Å². The summed E-state index contributed by atoms with van der Waals surface area (Å²) >= 11 is 0. The van der Waals surface area contributed by atoms with Crippen molar-refractivity contribution < 1.29 is 9.32 Å². The number of nitrogens with zero attached hydrogens (tertiary/aromatic N) is 1. The molecule has 1 rings (SSSR count). The summed E-state index contributed by atoms with van der Waals surface area (Å²) in [5.41, 5.74) is 1.13. The molecule has 1 amide bonds. The summed E-state index contributed by atoms with van der Waals surface area (Å²) in [6, 6.07) is 0. The average Bonchev–Trinajstić information content (AvgIpc) is 2.44. The SMILES string of the molecule is C=CCNC(=O)c1noc(C)c1C. The van der Waals surface area contributed by atoms with Crippen LogP contribution in [-0.2, 0) is 0 Å². The molecular weight excluding hydrogens is 168 g/mol. The number of amides is 1. The number of nitrogens with one attached hydrogen (secondary N) is 1. The van der Waals surface area contributed by atoms with Crippen LogP contribution in [0.5, 0.6) is 0 Å². The van der Waals surface area contributed by atoms with Gasteiger partial charge in [0.2, 0.25) is 0 Å². The summed E-state index contributed by atoms with van der Waals surface area (Å²) in [5.74, 6) is 0.443.